The van der Waals surface area contributed by atoms with E-state index in [-0.39, 0.29) is 23.7 Å². The standard InChI is InChI=1S/C24H22F2N5O4P/c1-3-35-36(2,34)17-8-5-15(6-9-17)21(18-10-7-16(25)13-20(18)26)29-22(32)19-14-27-24(30-23(19)33)31-12-4-11-28-31/h4-14,21H,3H2,1-2H3,(H,29,32)(H,27,30,33)/t21-,36?/m1/s1. The maximum Gasteiger partial charge on any atom is 0.265 e. The quantitative estimate of drug-likeness (QED) is 0.349. The highest BCUT2D eigenvalue weighted by Crippen LogP contribution is 2.41. The molecule has 2 aromatic carbocycles. The third kappa shape index (κ3) is 5.32. The summed E-state index contributed by atoms with van der Waals surface area (Å²) < 4.78 is 47.7. The summed E-state index contributed by atoms with van der Waals surface area (Å²) in [6.07, 6.45) is 4.15. The average Bonchev–Trinajstić information content (AvgIpc) is 3.38. The fraction of sp³-hybridized carbons (Fsp3) is 0.167. The molecule has 36 heavy (non-hydrogen) atoms. The van der Waals surface area contributed by atoms with Gasteiger partial charge in [0.2, 0.25) is 13.3 Å². The first-order valence-corrected chi connectivity index (χ1v) is 12.9. The molecule has 4 rings (SSSR count). The lowest BCUT2D eigenvalue weighted by Crippen LogP contribution is -2.34. The molecule has 0 saturated heterocycles. The van der Waals surface area contributed by atoms with Gasteiger partial charge >= 0.3 is 0 Å². The van der Waals surface area contributed by atoms with Gasteiger partial charge < -0.3 is 9.84 Å². The largest absolute Gasteiger partial charge is 0.341 e. The molecule has 2 N–H and O–H groups in total. The third-order valence-electron chi connectivity index (χ3n) is 5.37. The molecule has 186 valence electrons. The molecule has 12 heteroatoms. The van der Waals surface area contributed by atoms with E-state index in [2.05, 4.69) is 20.4 Å². The van der Waals surface area contributed by atoms with E-state index < -0.39 is 36.5 Å². The highest BCUT2D eigenvalue weighted by molar-refractivity contribution is 7.66. The SMILES string of the molecule is CCOP(C)(=O)c1ccc([C@@H](NC(=O)c2cnc(-n3cccn3)[nH]c2=O)c2ccc(F)cc2F)cc1. The van der Waals surface area contributed by atoms with Gasteiger partial charge in [0.05, 0.1) is 12.6 Å². The summed E-state index contributed by atoms with van der Waals surface area (Å²) >= 11 is 0. The minimum absolute atomic E-state index is 0.0282. The van der Waals surface area contributed by atoms with E-state index in [9.17, 15) is 22.9 Å². The number of amides is 1. The van der Waals surface area contributed by atoms with Gasteiger partial charge in [0.15, 0.2) is 0 Å². The Labute approximate surface area is 204 Å². The fourth-order valence-corrected chi connectivity index (χ4v) is 4.93. The van der Waals surface area contributed by atoms with Crippen molar-refractivity contribution in [2.45, 2.75) is 13.0 Å². The zero-order valence-corrected chi connectivity index (χ0v) is 20.2. The smallest absolute Gasteiger partial charge is 0.265 e. The molecule has 0 aliphatic rings. The maximum absolute atomic E-state index is 14.8. The van der Waals surface area contributed by atoms with Crippen LogP contribution in [-0.2, 0) is 9.09 Å². The van der Waals surface area contributed by atoms with Gasteiger partial charge in [0.25, 0.3) is 11.5 Å². The molecule has 0 aliphatic heterocycles. The number of benzene rings is 2. The highest BCUT2D eigenvalue weighted by Gasteiger charge is 2.25. The molecule has 1 amide bonds. The minimum Gasteiger partial charge on any atom is -0.341 e. The number of nitrogens with zero attached hydrogens (tertiary/aromatic N) is 3. The van der Waals surface area contributed by atoms with Crippen molar-refractivity contribution >= 4 is 18.6 Å². The summed E-state index contributed by atoms with van der Waals surface area (Å²) in [4.78, 5) is 32.2. The van der Waals surface area contributed by atoms with Gasteiger partial charge in [-0.1, -0.05) is 18.2 Å². The summed E-state index contributed by atoms with van der Waals surface area (Å²) in [5, 5.41) is 7.02. The van der Waals surface area contributed by atoms with E-state index in [0.29, 0.717) is 16.9 Å². The van der Waals surface area contributed by atoms with Crippen molar-refractivity contribution < 1.29 is 22.7 Å². The number of rotatable bonds is 8. The van der Waals surface area contributed by atoms with Gasteiger partial charge in [-0.25, -0.2) is 18.4 Å². The highest BCUT2D eigenvalue weighted by atomic mass is 31.2. The van der Waals surface area contributed by atoms with Crippen LogP contribution in [0.5, 0.6) is 0 Å². The monoisotopic (exact) mass is 513 g/mol. The zero-order chi connectivity index (χ0) is 25.9. The van der Waals surface area contributed by atoms with E-state index in [1.54, 1.807) is 43.5 Å². The molecule has 0 spiro atoms. The lowest BCUT2D eigenvalue weighted by Gasteiger charge is -2.21. The molecule has 0 saturated carbocycles. The number of H-pyrrole nitrogens is 1. The van der Waals surface area contributed by atoms with Crippen LogP contribution in [0.3, 0.4) is 0 Å². The van der Waals surface area contributed by atoms with Gasteiger partial charge in [-0.15, -0.1) is 0 Å². The molecule has 0 fully saturated rings. The number of hydrogen-bond acceptors (Lipinski definition) is 6. The maximum atomic E-state index is 14.8. The number of hydrogen-bond donors (Lipinski definition) is 2. The summed E-state index contributed by atoms with van der Waals surface area (Å²) in [6, 6.07) is 9.74. The van der Waals surface area contributed by atoms with E-state index in [1.807, 2.05) is 0 Å². The van der Waals surface area contributed by atoms with E-state index >= 15 is 0 Å². The van der Waals surface area contributed by atoms with Gasteiger partial charge in [0.1, 0.15) is 17.2 Å². The van der Waals surface area contributed by atoms with Crippen LogP contribution < -0.4 is 16.2 Å². The predicted octanol–water partition coefficient (Wildman–Crippen LogP) is 3.32. The summed E-state index contributed by atoms with van der Waals surface area (Å²) in [5.74, 6) is -2.39. The molecular formula is C24H22F2N5O4P. The molecule has 2 heterocycles. The first kappa shape index (κ1) is 25.2. The second kappa shape index (κ2) is 10.3. The molecule has 0 aliphatic carbocycles. The first-order valence-electron chi connectivity index (χ1n) is 10.9. The molecule has 2 aromatic heterocycles. The average molecular weight is 513 g/mol. The Morgan fingerprint density at radius 3 is 2.58 bits per heavy atom. The number of carbonyl (C=O) groups excluding carboxylic acids is 1. The molecule has 0 radical (unpaired) electrons. The lowest BCUT2D eigenvalue weighted by molar-refractivity contribution is 0.0940. The van der Waals surface area contributed by atoms with Gasteiger partial charge in [-0.2, -0.15) is 5.10 Å². The number of halogens is 2. The molecule has 0 bridgehead atoms. The Kier molecular flexibility index (Phi) is 7.23. The zero-order valence-electron chi connectivity index (χ0n) is 19.3. The molecule has 1 unspecified atom stereocenters. The lowest BCUT2D eigenvalue weighted by atomic mass is 9.97. The molecule has 2 atom stereocenters. The summed E-state index contributed by atoms with van der Waals surface area (Å²) in [7, 11) is -3.06. The Bertz CT molecular complexity index is 1490. The van der Waals surface area contributed by atoms with E-state index in [0.717, 1.165) is 12.3 Å². The summed E-state index contributed by atoms with van der Waals surface area (Å²) in [6.45, 7) is 3.47. The number of aromatic amines is 1. The van der Waals surface area contributed by atoms with Gasteiger partial charge in [-0.05, 0) is 36.8 Å². The second-order valence-electron chi connectivity index (χ2n) is 7.83. The first-order chi connectivity index (χ1) is 17.2. The fourth-order valence-electron chi connectivity index (χ4n) is 3.60. The van der Waals surface area contributed by atoms with Crippen molar-refractivity contribution in [1.82, 2.24) is 25.1 Å². The minimum atomic E-state index is -3.06. The van der Waals surface area contributed by atoms with Gasteiger partial charge in [-0.3, -0.25) is 19.1 Å². The van der Waals surface area contributed by atoms with Crippen molar-refractivity contribution in [2.75, 3.05) is 13.3 Å². The molecule has 4 aromatic rings. The Morgan fingerprint density at radius 1 is 1.22 bits per heavy atom. The number of aromatic nitrogens is 4. The van der Waals surface area contributed by atoms with E-state index in [4.69, 9.17) is 4.52 Å². The Hall–Kier alpha value is -3.95. The number of nitrogens with one attached hydrogen (secondary N) is 2. The molecule has 9 nitrogen and oxygen atoms in total. The van der Waals surface area contributed by atoms with Crippen LogP contribution in [0.15, 0.2) is 71.9 Å². The van der Waals surface area contributed by atoms with E-state index in [1.165, 1.54) is 23.6 Å². The number of carbonyl (C=O) groups is 1. The predicted molar refractivity (Wildman–Crippen MR) is 129 cm³/mol. The van der Waals surface area contributed by atoms with Crippen LogP contribution in [0.4, 0.5) is 8.78 Å². The van der Waals surface area contributed by atoms with Crippen molar-refractivity contribution in [3.05, 3.63) is 106 Å². The van der Waals surface area contributed by atoms with Crippen molar-refractivity contribution in [3.63, 3.8) is 0 Å². The van der Waals surface area contributed by atoms with Crippen LogP contribution in [0, 0.1) is 11.6 Å². The van der Waals surface area contributed by atoms with Crippen LogP contribution in [0.1, 0.15) is 34.5 Å². The van der Waals surface area contributed by atoms with Crippen LogP contribution in [0.2, 0.25) is 0 Å². The van der Waals surface area contributed by atoms with Crippen LogP contribution in [0.25, 0.3) is 5.95 Å². The normalized spacial score (nSPS) is 13.7. The van der Waals surface area contributed by atoms with Crippen LogP contribution in [-0.4, -0.2) is 38.9 Å². The Balaban J connectivity index is 1.69. The molecular weight excluding hydrogens is 491 g/mol. The van der Waals surface area contributed by atoms with Crippen molar-refractivity contribution in [1.29, 1.82) is 0 Å². The van der Waals surface area contributed by atoms with Crippen molar-refractivity contribution in [3.8, 4) is 5.95 Å². The van der Waals surface area contributed by atoms with Crippen LogP contribution >= 0.6 is 7.37 Å². The third-order valence-corrected chi connectivity index (χ3v) is 7.36. The summed E-state index contributed by atoms with van der Waals surface area (Å²) in [5.41, 5.74) is -0.666. The van der Waals surface area contributed by atoms with Crippen molar-refractivity contribution in [2.24, 2.45) is 0 Å². The second-order valence-corrected chi connectivity index (χ2v) is 10.3. The van der Waals surface area contributed by atoms with Gasteiger partial charge in [0, 0.05) is 42.2 Å². The topological polar surface area (TPSA) is 119 Å². The Morgan fingerprint density at radius 2 is 1.97 bits per heavy atom.